The third-order valence-electron chi connectivity index (χ3n) is 4.38. The topological polar surface area (TPSA) is 21.6 Å². The molecular weight excluding hydrogens is 258 g/mol. The first-order chi connectivity index (χ1) is 10.4. The molecule has 0 atom stereocenters. The fraction of sp³-hybridized carbons (Fsp3) is 0.632. The van der Waals surface area contributed by atoms with E-state index in [0.29, 0.717) is 0 Å². The van der Waals surface area contributed by atoms with E-state index < -0.39 is 0 Å². The predicted octanol–water partition coefficient (Wildman–Crippen LogP) is 5.67. The van der Waals surface area contributed by atoms with Crippen molar-refractivity contribution in [2.75, 3.05) is 6.61 Å². The summed E-state index contributed by atoms with van der Waals surface area (Å²) in [5.41, 5.74) is 2.62. The summed E-state index contributed by atoms with van der Waals surface area (Å²) in [6.07, 6.45) is 13.6. The summed E-state index contributed by atoms with van der Waals surface area (Å²) in [4.78, 5) is 5.30. The number of hydrogen-bond acceptors (Lipinski definition) is 2. The van der Waals surface area contributed by atoms with Crippen LogP contribution in [0.1, 0.15) is 81.8 Å². The number of hydrogen-bond donors (Lipinski definition) is 0. The van der Waals surface area contributed by atoms with Gasteiger partial charge in [-0.3, -0.25) is 0 Å². The second kappa shape index (κ2) is 9.59. The molecule has 0 aromatic heterocycles. The van der Waals surface area contributed by atoms with E-state index in [0.717, 1.165) is 24.5 Å². The third-order valence-corrected chi connectivity index (χ3v) is 4.38. The minimum Gasteiger partial charge on any atom is -0.396 e. The molecule has 0 N–H and O–H groups in total. The summed E-state index contributed by atoms with van der Waals surface area (Å²) in [6, 6.07) is 8.85. The van der Waals surface area contributed by atoms with E-state index >= 15 is 0 Å². The van der Waals surface area contributed by atoms with E-state index in [1.807, 2.05) is 6.21 Å². The number of nitrogens with zero attached hydrogens (tertiary/aromatic N) is 1. The van der Waals surface area contributed by atoms with Crippen LogP contribution in [-0.2, 0) is 4.84 Å². The second-order valence-electron chi connectivity index (χ2n) is 6.13. The second-order valence-corrected chi connectivity index (χ2v) is 6.13. The largest absolute Gasteiger partial charge is 0.396 e. The molecule has 2 rings (SSSR count). The molecule has 1 saturated carbocycles. The van der Waals surface area contributed by atoms with Gasteiger partial charge in [-0.05, 0) is 42.7 Å². The van der Waals surface area contributed by atoms with Crippen molar-refractivity contribution in [3.05, 3.63) is 35.4 Å². The van der Waals surface area contributed by atoms with Crippen LogP contribution in [0.3, 0.4) is 0 Å². The van der Waals surface area contributed by atoms with Crippen LogP contribution in [0, 0.1) is 0 Å². The van der Waals surface area contributed by atoms with Gasteiger partial charge in [-0.2, -0.15) is 0 Å². The van der Waals surface area contributed by atoms with Crippen molar-refractivity contribution < 1.29 is 4.84 Å². The van der Waals surface area contributed by atoms with Crippen molar-refractivity contribution in [2.24, 2.45) is 5.16 Å². The van der Waals surface area contributed by atoms with Crippen molar-refractivity contribution >= 4 is 6.21 Å². The smallest absolute Gasteiger partial charge is 0.117 e. The molecule has 1 aliphatic carbocycles. The summed E-state index contributed by atoms with van der Waals surface area (Å²) in [6.45, 7) is 2.95. The van der Waals surface area contributed by atoms with E-state index in [1.165, 1.54) is 56.9 Å². The van der Waals surface area contributed by atoms with E-state index in [-0.39, 0.29) is 0 Å². The lowest BCUT2D eigenvalue weighted by molar-refractivity contribution is 0.141. The zero-order chi connectivity index (χ0) is 14.8. The highest BCUT2D eigenvalue weighted by Gasteiger charge is 2.14. The number of benzene rings is 1. The molecule has 116 valence electrons. The van der Waals surface area contributed by atoms with Gasteiger partial charge in [-0.15, -0.1) is 0 Å². The van der Waals surface area contributed by atoms with Crippen LogP contribution in [0.5, 0.6) is 0 Å². The SMILES string of the molecule is CCCCCCON=Cc1ccc(C2CCCCC2)cc1. The first kappa shape index (κ1) is 16.1. The first-order valence-electron chi connectivity index (χ1n) is 8.65. The Labute approximate surface area is 129 Å². The fourth-order valence-corrected chi connectivity index (χ4v) is 3.03. The van der Waals surface area contributed by atoms with Gasteiger partial charge in [-0.25, -0.2) is 0 Å². The third kappa shape index (κ3) is 5.91. The van der Waals surface area contributed by atoms with Crippen LogP contribution < -0.4 is 0 Å². The molecule has 21 heavy (non-hydrogen) atoms. The lowest BCUT2D eigenvalue weighted by Crippen LogP contribution is -2.04. The highest BCUT2D eigenvalue weighted by atomic mass is 16.6. The summed E-state index contributed by atoms with van der Waals surface area (Å²) in [7, 11) is 0. The van der Waals surface area contributed by atoms with Crippen LogP contribution in [0.2, 0.25) is 0 Å². The van der Waals surface area contributed by atoms with Gasteiger partial charge in [-0.1, -0.05) is 68.4 Å². The fourth-order valence-electron chi connectivity index (χ4n) is 3.03. The number of unbranched alkanes of at least 4 members (excludes halogenated alkanes) is 3. The Bertz CT molecular complexity index is 404. The predicted molar refractivity (Wildman–Crippen MR) is 90.0 cm³/mol. The van der Waals surface area contributed by atoms with Gasteiger partial charge in [0.2, 0.25) is 0 Å². The molecule has 2 heteroatoms. The van der Waals surface area contributed by atoms with Gasteiger partial charge in [0, 0.05) is 0 Å². The van der Waals surface area contributed by atoms with Crippen molar-refractivity contribution in [2.45, 2.75) is 70.6 Å². The van der Waals surface area contributed by atoms with E-state index in [4.69, 9.17) is 4.84 Å². The molecule has 0 aliphatic heterocycles. The maximum Gasteiger partial charge on any atom is 0.117 e. The zero-order valence-corrected chi connectivity index (χ0v) is 13.4. The number of oxime groups is 1. The molecule has 0 heterocycles. The Morgan fingerprint density at radius 2 is 1.81 bits per heavy atom. The average molecular weight is 287 g/mol. The Kier molecular flexibility index (Phi) is 7.34. The Morgan fingerprint density at radius 1 is 1.05 bits per heavy atom. The van der Waals surface area contributed by atoms with Crippen molar-refractivity contribution in [1.29, 1.82) is 0 Å². The molecule has 1 aromatic rings. The lowest BCUT2D eigenvalue weighted by Gasteiger charge is -2.21. The van der Waals surface area contributed by atoms with Gasteiger partial charge in [0.25, 0.3) is 0 Å². The Hall–Kier alpha value is -1.31. The maximum absolute atomic E-state index is 5.30. The normalized spacial score (nSPS) is 16.4. The average Bonchev–Trinajstić information content (AvgIpc) is 2.55. The molecule has 0 spiro atoms. The van der Waals surface area contributed by atoms with E-state index in [9.17, 15) is 0 Å². The van der Waals surface area contributed by atoms with Gasteiger partial charge >= 0.3 is 0 Å². The van der Waals surface area contributed by atoms with Crippen LogP contribution in [0.4, 0.5) is 0 Å². The number of rotatable bonds is 8. The minimum atomic E-state index is 0.733. The standard InChI is InChI=1S/C19H29NO/c1-2-3-4-8-15-21-20-16-17-11-13-19(14-12-17)18-9-6-5-7-10-18/h11-14,16,18H,2-10,15H2,1H3. The molecule has 0 unspecified atom stereocenters. The molecule has 0 bridgehead atoms. The van der Waals surface area contributed by atoms with Crippen LogP contribution in [-0.4, -0.2) is 12.8 Å². The summed E-state index contributed by atoms with van der Waals surface area (Å²) < 4.78 is 0. The Balaban J connectivity index is 1.71. The van der Waals surface area contributed by atoms with Crippen LogP contribution in [0.25, 0.3) is 0 Å². The van der Waals surface area contributed by atoms with Crippen molar-refractivity contribution in [3.63, 3.8) is 0 Å². The molecule has 1 fully saturated rings. The first-order valence-corrected chi connectivity index (χ1v) is 8.65. The summed E-state index contributed by atoms with van der Waals surface area (Å²) in [5, 5.41) is 4.06. The molecule has 1 aromatic carbocycles. The molecule has 0 radical (unpaired) electrons. The minimum absolute atomic E-state index is 0.733. The van der Waals surface area contributed by atoms with Crippen molar-refractivity contribution in [3.8, 4) is 0 Å². The van der Waals surface area contributed by atoms with E-state index in [1.54, 1.807) is 0 Å². The molecule has 1 aliphatic rings. The quantitative estimate of drug-likeness (QED) is 0.343. The monoisotopic (exact) mass is 287 g/mol. The summed E-state index contributed by atoms with van der Waals surface area (Å²) in [5.74, 6) is 0.777. The lowest BCUT2D eigenvalue weighted by atomic mass is 9.84. The zero-order valence-electron chi connectivity index (χ0n) is 13.4. The van der Waals surface area contributed by atoms with Gasteiger partial charge in [0.15, 0.2) is 0 Å². The van der Waals surface area contributed by atoms with Gasteiger partial charge in [0.05, 0.1) is 6.21 Å². The molecule has 0 saturated heterocycles. The highest BCUT2D eigenvalue weighted by molar-refractivity contribution is 5.79. The molecule has 2 nitrogen and oxygen atoms in total. The van der Waals surface area contributed by atoms with Crippen molar-refractivity contribution in [1.82, 2.24) is 0 Å². The van der Waals surface area contributed by atoms with Gasteiger partial charge < -0.3 is 4.84 Å². The maximum atomic E-state index is 5.30. The van der Waals surface area contributed by atoms with Gasteiger partial charge in [0.1, 0.15) is 6.61 Å². The molecule has 0 amide bonds. The summed E-state index contributed by atoms with van der Waals surface area (Å²) >= 11 is 0. The highest BCUT2D eigenvalue weighted by Crippen LogP contribution is 2.32. The van der Waals surface area contributed by atoms with Crippen LogP contribution in [0.15, 0.2) is 29.4 Å². The van der Waals surface area contributed by atoms with Crippen LogP contribution >= 0.6 is 0 Å². The Morgan fingerprint density at radius 3 is 2.52 bits per heavy atom. The molecular formula is C19H29NO. The van der Waals surface area contributed by atoms with E-state index in [2.05, 4.69) is 36.3 Å².